The van der Waals surface area contributed by atoms with Crippen LogP contribution in [-0.4, -0.2) is 45.4 Å². The van der Waals surface area contributed by atoms with Gasteiger partial charge in [0.15, 0.2) is 16.7 Å². The third-order valence-electron chi connectivity index (χ3n) is 5.02. The van der Waals surface area contributed by atoms with E-state index in [0.29, 0.717) is 28.9 Å². The minimum Gasteiger partial charge on any atom is -0.464 e. The molecule has 1 aliphatic carbocycles. The number of nitrogens with zero attached hydrogens (tertiary/aromatic N) is 4. The summed E-state index contributed by atoms with van der Waals surface area (Å²) in [7, 11) is 1.34. The second-order valence-corrected chi connectivity index (χ2v) is 8.26. The van der Waals surface area contributed by atoms with Crippen LogP contribution in [0.15, 0.2) is 34.6 Å². The summed E-state index contributed by atoms with van der Waals surface area (Å²) in [5.41, 5.74) is 1.21. The molecule has 7 nitrogen and oxygen atoms in total. The van der Waals surface area contributed by atoms with Crippen LogP contribution in [-0.2, 0) is 14.4 Å². The molecule has 148 valence electrons. The lowest BCUT2D eigenvalue weighted by molar-refractivity contribution is -0.132. The first kappa shape index (κ1) is 19.3. The topological polar surface area (TPSA) is 78.6 Å². The van der Waals surface area contributed by atoms with Gasteiger partial charge in [0.2, 0.25) is 0 Å². The van der Waals surface area contributed by atoms with Crippen molar-refractivity contribution in [3.8, 4) is 11.4 Å². The Morgan fingerprint density at radius 3 is 2.86 bits per heavy atom. The number of benzene rings is 1. The van der Waals surface area contributed by atoms with Crippen molar-refractivity contribution in [2.45, 2.75) is 49.4 Å². The van der Waals surface area contributed by atoms with Crippen LogP contribution in [0.1, 0.15) is 38.1 Å². The van der Waals surface area contributed by atoms with E-state index in [2.05, 4.69) is 19.9 Å². The van der Waals surface area contributed by atoms with Gasteiger partial charge in [-0.3, -0.25) is 4.57 Å². The monoisotopic (exact) mass is 420 g/mol. The van der Waals surface area contributed by atoms with Gasteiger partial charge in [-0.05, 0) is 25.0 Å². The molecule has 0 amide bonds. The Bertz CT molecular complexity index is 895. The zero-order valence-corrected chi connectivity index (χ0v) is 17.1. The van der Waals surface area contributed by atoms with E-state index in [1.165, 1.54) is 20.0 Å². The van der Waals surface area contributed by atoms with Crippen LogP contribution in [0, 0.1) is 0 Å². The highest BCUT2D eigenvalue weighted by molar-refractivity contribution is 7.99. The molecule has 2 aliphatic rings. The number of carbonyl (C=O) groups excluding carboxylic acids is 1. The average molecular weight is 421 g/mol. The minimum atomic E-state index is -0.442. The Kier molecular flexibility index (Phi) is 5.87. The maximum atomic E-state index is 11.6. The van der Waals surface area contributed by atoms with Crippen molar-refractivity contribution in [2.24, 2.45) is 5.16 Å². The summed E-state index contributed by atoms with van der Waals surface area (Å²) in [5.74, 6) is 0.985. The maximum absolute atomic E-state index is 11.6. The van der Waals surface area contributed by atoms with Crippen molar-refractivity contribution in [3.63, 3.8) is 0 Å². The van der Waals surface area contributed by atoms with E-state index in [4.69, 9.17) is 21.2 Å². The summed E-state index contributed by atoms with van der Waals surface area (Å²) in [6.07, 6.45) is 4.89. The van der Waals surface area contributed by atoms with Crippen LogP contribution < -0.4 is 0 Å². The molecular weight excluding hydrogens is 400 g/mol. The van der Waals surface area contributed by atoms with Crippen LogP contribution in [0.3, 0.4) is 0 Å². The molecule has 0 unspecified atom stereocenters. The molecule has 0 spiro atoms. The lowest BCUT2D eigenvalue weighted by atomic mass is 10.2. The SMILES string of the molecule is COC(=O)C1=NO[C@@H](CSc2nnc(-c3ccccc3Cl)n2C2CCCC2)C1. The number of oxime groups is 1. The molecule has 1 aromatic heterocycles. The van der Waals surface area contributed by atoms with Crippen LogP contribution in [0.2, 0.25) is 5.02 Å². The predicted octanol–water partition coefficient (Wildman–Crippen LogP) is 4.12. The molecule has 2 aromatic rings. The number of ether oxygens (including phenoxy) is 1. The number of hydrogen-bond donors (Lipinski definition) is 0. The third-order valence-corrected chi connectivity index (χ3v) is 6.43. The fourth-order valence-corrected chi connectivity index (χ4v) is 4.82. The molecule has 9 heteroatoms. The number of thioether (sulfide) groups is 1. The minimum absolute atomic E-state index is 0.184. The number of aromatic nitrogens is 3. The van der Waals surface area contributed by atoms with Crippen molar-refractivity contribution < 1.29 is 14.4 Å². The standard InChI is InChI=1S/C19H21ClN4O3S/c1-26-18(25)16-10-13(27-23-16)11-28-19-22-21-17(14-8-4-5-9-15(14)20)24(19)12-6-2-3-7-12/h4-5,8-9,12-13H,2-3,6-7,10-11H2,1H3/t13-/m1/s1. The highest BCUT2D eigenvalue weighted by Crippen LogP contribution is 2.38. The molecule has 1 saturated carbocycles. The number of methoxy groups -OCH3 is 1. The molecule has 0 N–H and O–H groups in total. The van der Waals surface area contributed by atoms with Crippen molar-refractivity contribution in [3.05, 3.63) is 29.3 Å². The average Bonchev–Trinajstić information content (AvgIpc) is 3.45. The van der Waals surface area contributed by atoms with Gasteiger partial charge in [0.25, 0.3) is 0 Å². The normalized spacial score (nSPS) is 19.5. The van der Waals surface area contributed by atoms with Gasteiger partial charge in [-0.25, -0.2) is 4.79 Å². The van der Waals surface area contributed by atoms with E-state index in [0.717, 1.165) is 29.4 Å². The van der Waals surface area contributed by atoms with Crippen molar-refractivity contribution >= 4 is 35.0 Å². The van der Waals surface area contributed by atoms with E-state index in [1.807, 2.05) is 24.3 Å². The van der Waals surface area contributed by atoms with Gasteiger partial charge >= 0.3 is 5.97 Å². The smallest absolute Gasteiger partial charge is 0.355 e. The van der Waals surface area contributed by atoms with E-state index in [1.54, 1.807) is 11.8 Å². The Hall–Kier alpha value is -2.06. The first-order valence-electron chi connectivity index (χ1n) is 9.31. The van der Waals surface area contributed by atoms with Gasteiger partial charge < -0.3 is 9.57 Å². The zero-order valence-electron chi connectivity index (χ0n) is 15.5. The Morgan fingerprint density at radius 1 is 1.32 bits per heavy atom. The van der Waals surface area contributed by atoms with Crippen molar-refractivity contribution in [2.75, 3.05) is 12.9 Å². The van der Waals surface area contributed by atoms with Crippen molar-refractivity contribution in [1.82, 2.24) is 14.8 Å². The maximum Gasteiger partial charge on any atom is 0.355 e. The Labute approximate surface area is 172 Å². The molecule has 0 bridgehead atoms. The van der Waals surface area contributed by atoms with Gasteiger partial charge in [-0.15, -0.1) is 10.2 Å². The highest BCUT2D eigenvalue weighted by atomic mass is 35.5. The van der Waals surface area contributed by atoms with Gasteiger partial charge in [0.1, 0.15) is 6.10 Å². The summed E-state index contributed by atoms with van der Waals surface area (Å²) < 4.78 is 6.92. The first-order chi connectivity index (χ1) is 13.7. The van der Waals surface area contributed by atoms with Crippen LogP contribution in [0.25, 0.3) is 11.4 Å². The quantitative estimate of drug-likeness (QED) is 0.516. The predicted molar refractivity (Wildman–Crippen MR) is 108 cm³/mol. The van der Waals surface area contributed by atoms with E-state index in [-0.39, 0.29) is 6.10 Å². The van der Waals surface area contributed by atoms with Crippen LogP contribution in [0.5, 0.6) is 0 Å². The fourth-order valence-electron chi connectivity index (χ4n) is 3.62. The molecule has 0 saturated heterocycles. The summed E-state index contributed by atoms with van der Waals surface area (Å²) >= 11 is 7.99. The molecular formula is C19H21ClN4O3S. The molecule has 4 rings (SSSR count). The third kappa shape index (κ3) is 3.89. The second kappa shape index (κ2) is 8.53. The number of hydrogen-bond acceptors (Lipinski definition) is 7. The summed E-state index contributed by atoms with van der Waals surface area (Å²) in [6.45, 7) is 0. The second-order valence-electron chi connectivity index (χ2n) is 6.87. The van der Waals surface area contributed by atoms with Gasteiger partial charge in [0, 0.05) is 23.8 Å². The van der Waals surface area contributed by atoms with Gasteiger partial charge in [-0.2, -0.15) is 0 Å². The molecule has 28 heavy (non-hydrogen) atoms. The number of halogens is 1. The molecule has 2 heterocycles. The zero-order chi connectivity index (χ0) is 19.5. The molecule has 1 atom stereocenters. The van der Waals surface area contributed by atoms with Gasteiger partial charge in [-0.1, -0.05) is 53.5 Å². The van der Waals surface area contributed by atoms with E-state index < -0.39 is 5.97 Å². The van der Waals surface area contributed by atoms with Gasteiger partial charge in [0.05, 0.1) is 12.1 Å². The number of rotatable bonds is 6. The summed E-state index contributed by atoms with van der Waals surface area (Å²) in [4.78, 5) is 16.9. The Balaban J connectivity index is 1.53. The van der Waals surface area contributed by atoms with E-state index in [9.17, 15) is 4.79 Å². The van der Waals surface area contributed by atoms with Crippen LogP contribution in [0.4, 0.5) is 0 Å². The number of carbonyl (C=O) groups is 1. The van der Waals surface area contributed by atoms with E-state index >= 15 is 0 Å². The first-order valence-corrected chi connectivity index (χ1v) is 10.7. The lowest BCUT2D eigenvalue weighted by Crippen LogP contribution is -2.18. The molecule has 1 fully saturated rings. The fraction of sp³-hybridized carbons (Fsp3) is 0.474. The Morgan fingerprint density at radius 2 is 2.11 bits per heavy atom. The van der Waals surface area contributed by atoms with Crippen molar-refractivity contribution in [1.29, 1.82) is 0 Å². The summed E-state index contributed by atoms with van der Waals surface area (Å²) in [6, 6.07) is 8.08. The molecule has 1 aromatic carbocycles. The molecule has 0 radical (unpaired) electrons. The number of esters is 1. The highest BCUT2D eigenvalue weighted by Gasteiger charge is 2.29. The summed E-state index contributed by atoms with van der Waals surface area (Å²) in [5, 5.41) is 14.2. The lowest BCUT2D eigenvalue weighted by Gasteiger charge is -2.17. The van der Waals surface area contributed by atoms with Crippen LogP contribution >= 0.6 is 23.4 Å². The largest absolute Gasteiger partial charge is 0.464 e. The molecule has 1 aliphatic heterocycles.